The number of hydrogen-bond acceptors (Lipinski definition) is 2. The number of rotatable bonds is 4. The van der Waals surface area contributed by atoms with Crippen LogP contribution in [0.1, 0.15) is 22.3 Å². The minimum absolute atomic E-state index is 0.0234. The van der Waals surface area contributed by atoms with Gasteiger partial charge in [0.1, 0.15) is 6.54 Å². The number of benzene rings is 2. The normalized spacial score (nSPS) is 10.3. The van der Waals surface area contributed by atoms with Gasteiger partial charge in [-0.1, -0.05) is 35.4 Å². The molecule has 132 valence electrons. The lowest BCUT2D eigenvalue weighted by Crippen LogP contribution is -2.37. The Labute approximate surface area is 149 Å². The molecule has 0 saturated carbocycles. The van der Waals surface area contributed by atoms with Crippen LogP contribution in [0.25, 0.3) is 0 Å². The van der Waals surface area contributed by atoms with E-state index in [0.717, 1.165) is 27.9 Å². The van der Waals surface area contributed by atoms with Crippen molar-refractivity contribution in [2.75, 3.05) is 24.2 Å². The second-order valence-electron chi connectivity index (χ2n) is 6.47. The summed E-state index contributed by atoms with van der Waals surface area (Å²) in [5.41, 5.74) is 5.81. The number of anilines is 2. The molecule has 0 radical (unpaired) electrons. The fourth-order valence-corrected chi connectivity index (χ4v) is 2.70. The monoisotopic (exact) mass is 339 g/mol. The summed E-state index contributed by atoms with van der Waals surface area (Å²) in [5.74, 6) is -0.225. The largest absolute Gasteiger partial charge is 0.324 e. The number of carbonyl (C=O) groups excluding carboxylic acids is 2. The highest BCUT2D eigenvalue weighted by Crippen LogP contribution is 2.21. The summed E-state index contributed by atoms with van der Waals surface area (Å²) in [6, 6.07) is 11.2. The molecule has 0 aliphatic rings. The van der Waals surface area contributed by atoms with E-state index in [4.69, 9.17) is 0 Å². The smallest absolute Gasteiger partial charge is 0.322 e. The average molecular weight is 339 g/mol. The van der Waals surface area contributed by atoms with Gasteiger partial charge in [-0.05, 0) is 51.0 Å². The third-order valence-corrected chi connectivity index (χ3v) is 3.97. The molecule has 2 aromatic rings. The number of amides is 3. The van der Waals surface area contributed by atoms with E-state index in [-0.39, 0.29) is 18.5 Å². The van der Waals surface area contributed by atoms with Crippen LogP contribution in [-0.2, 0) is 4.79 Å². The Balaban J connectivity index is 1.95. The van der Waals surface area contributed by atoms with E-state index in [2.05, 4.69) is 10.6 Å². The van der Waals surface area contributed by atoms with Crippen LogP contribution in [0, 0.1) is 27.7 Å². The predicted molar refractivity (Wildman–Crippen MR) is 102 cm³/mol. The first-order valence-corrected chi connectivity index (χ1v) is 8.22. The Hall–Kier alpha value is -2.82. The topological polar surface area (TPSA) is 61.4 Å². The molecule has 0 aliphatic carbocycles. The molecule has 0 aliphatic heterocycles. The highest BCUT2D eigenvalue weighted by molar-refractivity contribution is 5.97. The van der Waals surface area contributed by atoms with Gasteiger partial charge in [-0.3, -0.25) is 4.79 Å². The second kappa shape index (κ2) is 7.83. The molecule has 0 bridgehead atoms. The lowest BCUT2D eigenvalue weighted by molar-refractivity contribution is -0.116. The van der Waals surface area contributed by atoms with E-state index in [0.29, 0.717) is 5.69 Å². The van der Waals surface area contributed by atoms with Gasteiger partial charge in [0.05, 0.1) is 0 Å². The van der Waals surface area contributed by atoms with Crippen molar-refractivity contribution in [3.05, 3.63) is 58.7 Å². The van der Waals surface area contributed by atoms with E-state index < -0.39 is 0 Å². The average Bonchev–Trinajstić information content (AvgIpc) is 2.53. The summed E-state index contributed by atoms with van der Waals surface area (Å²) < 4.78 is 0. The van der Waals surface area contributed by atoms with Crippen LogP contribution in [-0.4, -0.2) is 30.4 Å². The maximum atomic E-state index is 12.3. The van der Waals surface area contributed by atoms with Crippen LogP contribution in [0.2, 0.25) is 0 Å². The standard InChI is InChI=1S/C20H25N3O2/c1-13-6-8-17(9-7-13)21-20(25)23(5)12-18(24)22-19-15(3)10-14(2)11-16(19)4/h6-11H,12H2,1-5H3,(H,21,25)(H,22,24). The summed E-state index contributed by atoms with van der Waals surface area (Å²) in [7, 11) is 1.60. The molecule has 0 atom stereocenters. The molecule has 3 amide bonds. The second-order valence-corrected chi connectivity index (χ2v) is 6.47. The van der Waals surface area contributed by atoms with Crippen molar-refractivity contribution in [2.45, 2.75) is 27.7 Å². The van der Waals surface area contributed by atoms with E-state index in [1.807, 2.05) is 64.1 Å². The lowest BCUT2D eigenvalue weighted by Gasteiger charge is -2.19. The van der Waals surface area contributed by atoms with E-state index >= 15 is 0 Å². The van der Waals surface area contributed by atoms with Crippen molar-refractivity contribution >= 4 is 23.3 Å². The molecule has 5 heteroatoms. The van der Waals surface area contributed by atoms with Crippen LogP contribution >= 0.6 is 0 Å². The van der Waals surface area contributed by atoms with Crippen LogP contribution in [0.4, 0.5) is 16.2 Å². The Kier molecular flexibility index (Phi) is 5.80. The van der Waals surface area contributed by atoms with E-state index in [9.17, 15) is 9.59 Å². The van der Waals surface area contributed by atoms with Gasteiger partial charge in [-0.25, -0.2) is 4.79 Å². The maximum absolute atomic E-state index is 12.3. The fourth-order valence-electron chi connectivity index (χ4n) is 2.70. The highest BCUT2D eigenvalue weighted by atomic mass is 16.2. The number of likely N-dealkylation sites (N-methyl/N-ethyl adjacent to an activating group) is 1. The van der Waals surface area contributed by atoms with E-state index in [1.54, 1.807) is 7.05 Å². The molecular formula is C20H25N3O2. The van der Waals surface area contributed by atoms with Gasteiger partial charge in [-0.2, -0.15) is 0 Å². The molecule has 0 aromatic heterocycles. The number of carbonyl (C=O) groups is 2. The summed E-state index contributed by atoms with van der Waals surface area (Å²) in [5, 5.41) is 5.68. The van der Waals surface area contributed by atoms with Gasteiger partial charge in [0, 0.05) is 18.4 Å². The first-order chi connectivity index (χ1) is 11.8. The van der Waals surface area contributed by atoms with Gasteiger partial charge >= 0.3 is 6.03 Å². The first-order valence-electron chi connectivity index (χ1n) is 8.22. The van der Waals surface area contributed by atoms with Gasteiger partial charge in [0.15, 0.2) is 0 Å². The van der Waals surface area contributed by atoms with Crippen LogP contribution in [0.15, 0.2) is 36.4 Å². The van der Waals surface area contributed by atoms with Crippen molar-refractivity contribution < 1.29 is 9.59 Å². The molecule has 0 spiro atoms. The fraction of sp³-hybridized carbons (Fsp3) is 0.300. The first kappa shape index (κ1) is 18.5. The van der Waals surface area contributed by atoms with Crippen molar-refractivity contribution in [1.82, 2.24) is 4.90 Å². The number of hydrogen-bond donors (Lipinski definition) is 2. The van der Waals surface area contributed by atoms with Gasteiger partial charge in [0.25, 0.3) is 0 Å². The molecule has 2 N–H and O–H groups in total. The summed E-state index contributed by atoms with van der Waals surface area (Å²) >= 11 is 0. The predicted octanol–water partition coefficient (Wildman–Crippen LogP) is 4.02. The number of nitrogens with zero attached hydrogens (tertiary/aromatic N) is 1. The molecule has 0 fully saturated rings. The van der Waals surface area contributed by atoms with Crippen LogP contribution in [0.5, 0.6) is 0 Å². The number of urea groups is 1. The number of nitrogens with one attached hydrogen (secondary N) is 2. The lowest BCUT2D eigenvalue weighted by atomic mass is 10.1. The minimum Gasteiger partial charge on any atom is -0.324 e. The van der Waals surface area contributed by atoms with Crippen LogP contribution < -0.4 is 10.6 Å². The molecule has 0 heterocycles. The highest BCUT2D eigenvalue weighted by Gasteiger charge is 2.15. The van der Waals surface area contributed by atoms with Crippen molar-refractivity contribution in [1.29, 1.82) is 0 Å². The summed E-state index contributed by atoms with van der Waals surface area (Å²) in [6.07, 6.45) is 0. The van der Waals surface area contributed by atoms with Crippen molar-refractivity contribution in [3.63, 3.8) is 0 Å². The van der Waals surface area contributed by atoms with Gasteiger partial charge < -0.3 is 15.5 Å². The Morgan fingerprint density at radius 1 is 0.880 bits per heavy atom. The molecule has 5 nitrogen and oxygen atoms in total. The zero-order chi connectivity index (χ0) is 18.6. The Morgan fingerprint density at radius 3 is 2.00 bits per heavy atom. The Morgan fingerprint density at radius 2 is 1.44 bits per heavy atom. The number of aryl methyl sites for hydroxylation is 4. The molecular weight excluding hydrogens is 314 g/mol. The molecule has 2 aromatic carbocycles. The third-order valence-electron chi connectivity index (χ3n) is 3.97. The molecule has 0 saturated heterocycles. The van der Waals surface area contributed by atoms with Gasteiger partial charge in [0.2, 0.25) is 5.91 Å². The molecule has 25 heavy (non-hydrogen) atoms. The van der Waals surface area contributed by atoms with E-state index in [1.165, 1.54) is 4.90 Å². The summed E-state index contributed by atoms with van der Waals surface area (Å²) in [6.45, 7) is 7.91. The Bertz CT molecular complexity index is 759. The van der Waals surface area contributed by atoms with Crippen LogP contribution in [0.3, 0.4) is 0 Å². The minimum atomic E-state index is -0.323. The molecule has 0 unspecified atom stereocenters. The summed E-state index contributed by atoms with van der Waals surface area (Å²) in [4.78, 5) is 25.8. The molecule has 2 rings (SSSR count). The van der Waals surface area contributed by atoms with Crippen molar-refractivity contribution in [2.24, 2.45) is 0 Å². The quantitative estimate of drug-likeness (QED) is 0.884. The third kappa shape index (κ3) is 5.08. The zero-order valence-electron chi connectivity index (χ0n) is 15.4. The van der Waals surface area contributed by atoms with Crippen molar-refractivity contribution in [3.8, 4) is 0 Å². The zero-order valence-corrected chi connectivity index (χ0v) is 15.4. The SMILES string of the molecule is Cc1ccc(NC(=O)N(C)CC(=O)Nc2c(C)cc(C)cc2C)cc1. The maximum Gasteiger partial charge on any atom is 0.322 e. The van der Waals surface area contributed by atoms with Gasteiger partial charge in [-0.15, -0.1) is 0 Å².